The van der Waals surface area contributed by atoms with E-state index in [0.29, 0.717) is 55.4 Å². The molecule has 2 saturated heterocycles. The zero-order chi connectivity index (χ0) is 36.5. The number of carbonyl (C=O) groups is 2. The van der Waals surface area contributed by atoms with Crippen LogP contribution in [0.1, 0.15) is 89.7 Å². The van der Waals surface area contributed by atoms with E-state index in [1.54, 1.807) is 20.8 Å². The average molecular weight is 730 g/mol. The van der Waals surface area contributed by atoms with E-state index in [9.17, 15) is 31.2 Å². The minimum absolute atomic E-state index is 0.217. The highest BCUT2D eigenvalue weighted by atomic mass is 32.2. The first-order valence-electron chi connectivity index (χ1n) is 17.0. The van der Waals surface area contributed by atoms with Gasteiger partial charge in [-0.15, -0.1) is 0 Å². The summed E-state index contributed by atoms with van der Waals surface area (Å²) in [7, 11) is -4.76. The van der Waals surface area contributed by atoms with Gasteiger partial charge in [-0.05, 0) is 102 Å². The van der Waals surface area contributed by atoms with Crippen molar-refractivity contribution in [3.8, 4) is 5.75 Å². The number of hydrogen-bond acceptors (Lipinski definition) is 6. The molecule has 276 valence electrons. The second-order valence-electron chi connectivity index (χ2n) is 14.5. The van der Waals surface area contributed by atoms with Gasteiger partial charge < -0.3 is 19.7 Å². The second kappa shape index (κ2) is 14.6. The molecule has 2 aliphatic heterocycles. The van der Waals surface area contributed by atoms with Crippen molar-refractivity contribution in [2.45, 2.75) is 125 Å². The molecule has 2 aromatic rings. The van der Waals surface area contributed by atoms with E-state index >= 15 is 8.78 Å². The molecular weight excluding hydrogens is 685 g/mol. The lowest BCUT2D eigenvalue weighted by Crippen LogP contribution is -2.61. The summed E-state index contributed by atoms with van der Waals surface area (Å²) in [5.74, 6) is -4.69. The number of nitrogens with one attached hydrogen (secondary N) is 2. The first-order valence-corrected chi connectivity index (χ1v) is 18.4. The number of alkyl halides is 5. The van der Waals surface area contributed by atoms with Crippen LogP contribution in [0.3, 0.4) is 0 Å². The Kier molecular flexibility index (Phi) is 11.1. The third-order valence-electron chi connectivity index (χ3n) is 9.53. The SMILES string of the molecule is CC(C)(C)OC(=O)NC1CC2CCC(C1)N2C(=O)C(NS(=O)(=O)c1ccc(OCC2CCCCC2)cc1)C(F)(F)c1ccc(C(F)(F)F)cc1. The second-order valence-corrected chi connectivity index (χ2v) is 16.2. The van der Waals surface area contributed by atoms with Gasteiger partial charge in [0.1, 0.15) is 11.4 Å². The number of amides is 2. The Labute approximate surface area is 289 Å². The van der Waals surface area contributed by atoms with E-state index < -0.39 is 79.9 Å². The van der Waals surface area contributed by atoms with Gasteiger partial charge in [0.15, 0.2) is 6.04 Å². The minimum Gasteiger partial charge on any atom is -0.493 e. The normalized spacial score (nSPS) is 22.6. The van der Waals surface area contributed by atoms with Crippen LogP contribution in [-0.2, 0) is 31.7 Å². The number of benzene rings is 2. The molecule has 0 spiro atoms. The number of alkyl carbamates (subject to hydrolysis) is 1. The van der Waals surface area contributed by atoms with Crippen LogP contribution >= 0.6 is 0 Å². The van der Waals surface area contributed by atoms with E-state index in [1.165, 1.54) is 35.6 Å². The molecule has 5 rings (SSSR count). The van der Waals surface area contributed by atoms with Gasteiger partial charge in [0.05, 0.1) is 17.1 Å². The van der Waals surface area contributed by atoms with Gasteiger partial charge in [0, 0.05) is 23.7 Å². The summed E-state index contributed by atoms with van der Waals surface area (Å²) in [6.07, 6.45) is 1.34. The fourth-order valence-electron chi connectivity index (χ4n) is 7.11. The van der Waals surface area contributed by atoms with Gasteiger partial charge in [-0.25, -0.2) is 13.2 Å². The molecule has 50 heavy (non-hydrogen) atoms. The fraction of sp³-hybridized carbons (Fsp3) is 0.600. The van der Waals surface area contributed by atoms with Crippen molar-refractivity contribution in [1.29, 1.82) is 0 Å². The van der Waals surface area contributed by atoms with Gasteiger partial charge in [0.2, 0.25) is 15.9 Å². The number of fused-ring (bicyclic) bond motifs is 2. The minimum atomic E-state index is -4.80. The highest BCUT2D eigenvalue weighted by Crippen LogP contribution is 2.41. The molecule has 3 fully saturated rings. The van der Waals surface area contributed by atoms with E-state index in [0.717, 1.165) is 25.7 Å². The molecule has 3 unspecified atom stereocenters. The van der Waals surface area contributed by atoms with Crippen molar-refractivity contribution in [3.05, 3.63) is 59.7 Å². The molecule has 2 heterocycles. The van der Waals surface area contributed by atoms with E-state index in [2.05, 4.69) is 5.32 Å². The summed E-state index contributed by atoms with van der Waals surface area (Å²) >= 11 is 0. The number of piperidine rings is 1. The smallest absolute Gasteiger partial charge is 0.416 e. The summed E-state index contributed by atoms with van der Waals surface area (Å²) in [5.41, 5.74) is -2.90. The highest BCUT2D eigenvalue weighted by Gasteiger charge is 2.54. The predicted molar refractivity (Wildman–Crippen MR) is 174 cm³/mol. The van der Waals surface area contributed by atoms with Gasteiger partial charge in [-0.1, -0.05) is 31.4 Å². The summed E-state index contributed by atoms with van der Waals surface area (Å²) < 4.78 is 113. The Morgan fingerprint density at radius 2 is 1.40 bits per heavy atom. The van der Waals surface area contributed by atoms with Crippen molar-refractivity contribution in [2.75, 3.05) is 6.61 Å². The third kappa shape index (κ3) is 9.06. The zero-order valence-corrected chi connectivity index (χ0v) is 29.1. The molecule has 2 bridgehead atoms. The van der Waals surface area contributed by atoms with Crippen molar-refractivity contribution >= 4 is 22.0 Å². The monoisotopic (exact) mass is 729 g/mol. The maximum absolute atomic E-state index is 16.4. The fourth-order valence-corrected chi connectivity index (χ4v) is 8.30. The molecule has 2 aromatic carbocycles. The predicted octanol–water partition coefficient (Wildman–Crippen LogP) is 7.15. The highest BCUT2D eigenvalue weighted by molar-refractivity contribution is 7.89. The molecule has 1 saturated carbocycles. The topological polar surface area (TPSA) is 114 Å². The van der Waals surface area contributed by atoms with E-state index in [4.69, 9.17) is 9.47 Å². The number of hydrogen-bond donors (Lipinski definition) is 2. The molecule has 9 nitrogen and oxygen atoms in total. The molecule has 15 heteroatoms. The number of sulfonamides is 1. The van der Waals surface area contributed by atoms with E-state index in [1.807, 2.05) is 4.72 Å². The Bertz CT molecular complexity index is 1590. The van der Waals surface area contributed by atoms with Crippen molar-refractivity contribution in [1.82, 2.24) is 14.9 Å². The first-order chi connectivity index (χ1) is 23.3. The Morgan fingerprint density at radius 3 is 1.94 bits per heavy atom. The summed E-state index contributed by atoms with van der Waals surface area (Å²) in [4.78, 5) is 27.4. The van der Waals surface area contributed by atoms with Gasteiger partial charge in [0.25, 0.3) is 5.92 Å². The molecule has 2 N–H and O–H groups in total. The Morgan fingerprint density at radius 1 is 0.840 bits per heavy atom. The van der Waals surface area contributed by atoms with Crippen LogP contribution in [-0.4, -0.2) is 61.7 Å². The number of nitrogens with zero attached hydrogens (tertiary/aromatic N) is 1. The van der Waals surface area contributed by atoms with Crippen molar-refractivity contribution < 1.29 is 49.4 Å². The van der Waals surface area contributed by atoms with Crippen LogP contribution in [0, 0.1) is 5.92 Å². The number of halogens is 5. The zero-order valence-electron chi connectivity index (χ0n) is 28.3. The molecule has 0 radical (unpaired) electrons. The third-order valence-corrected chi connectivity index (χ3v) is 11.0. The van der Waals surface area contributed by atoms with Crippen LogP contribution in [0.15, 0.2) is 53.4 Å². The average Bonchev–Trinajstić information content (AvgIpc) is 3.31. The number of rotatable bonds is 10. The Balaban J connectivity index is 1.38. The quantitative estimate of drug-likeness (QED) is 0.251. The summed E-state index contributed by atoms with van der Waals surface area (Å²) in [6.45, 7) is 5.58. The molecule has 1 aliphatic carbocycles. The lowest BCUT2D eigenvalue weighted by Gasteiger charge is -2.42. The number of ether oxygens (including phenoxy) is 2. The van der Waals surface area contributed by atoms with E-state index in [-0.39, 0.29) is 12.8 Å². The molecule has 3 atom stereocenters. The van der Waals surface area contributed by atoms with Crippen LogP contribution in [0.25, 0.3) is 0 Å². The van der Waals surface area contributed by atoms with Crippen LogP contribution in [0.5, 0.6) is 5.75 Å². The summed E-state index contributed by atoms with van der Waals surface area (Å²) in [6, 6.07) is 2.89. The first kappa shape index (κ1) is 37.8. The van der Waals surface area contributed by atoms with Gasteiger partial charge in [-0.2, -0.15) is 26.7 Å². The summed E-state index contributed by atoms with van der Waals surface area (Å²) in [5, 5.41) is 2.77. The lowest BCUT2D eigenvalue weighted by atomic mass is 9.90. The maximum atomic E-state index is 16.4. The maximum Gasteiger partial charge on any atom is 0.416 e. The lowest BCUT2D eigenvalue weighted by molar-refractivity contribution is -0.149. The van der Waals surface area contributed by atoms with Crippen molar-refractivity contribution in [3.63, 3.8) is 0 Å². The molecule has 0 aromatic heterocycles. The van der Waals surface area contributed by atoms with Crippen LogP contribution in [0.4, 0.5) is 26.7 Å². The van der Waals surface area contributed by atoms with Gasteiger partial charge in [-0.3, -0.25) is 4.79 Å². The van der Waals surface area contributed by atoms with Gasteiger partial charge >= 0.3 is 12.3 Å². The van der Waals surface area contributed by atoms with Crippen molar-refractivity contribution in [2.24, 2.45) is 5.92 Å². The Hall–Kier alpha value is -3.46. The van der Waals surface area contributed by atoms with Crippen LogP contribution < -0.4 is 14.8 Å². The largest absolute Gasteiger partial charge is 0.493 e. The molecular formula is C35H44F5N3O6S. The van der Waals surface area contributed by atoms with Crippen LogP contribution in [0.2, 0.25) is 0 Å². The molecule has 2 amide bonds. The molecule has 3 aliphatic rings. The number of carbonyl (C=O) groups excluding carboxylic acids is 2. The standard InChI is InChI=1S/C35H44F5N3O6S/c1-33(2,3)49-32(45)41-25-19-26-13-14-27(20-25)43(26)31(44)30(34(36,37)23-9-11-24(12-10-23)35(38,39)40)42-50(46,47)29-17-15-28(16-18-29)48-21-22-7-5-4-6-8-22/h9-12,15-18,22,25-27,30,42H,4-8,13-14,19-21H2,1-3H3,(H,41,45).